The minimum absolute atomic E-state index is 0.111. The van der Waals surface area contributed by atoms with Crippen LogP contribution in [0, 0.1) is 5.92 Å². The SMILES string of the molecule is CCC(C)C(=O)Nc1c(C(=O)N2CCOCC2)oc2ccccc12. The van der Waals surface area contributed by atoms with Gasteiger partial charge in [0.05, 0.1) is 13.2 Å². The molecule has 2 aromatic rings. The average Bonchev–Trinajstić information content (AvgIpc) is 2.99. The molecule has 2 amide bonds. The molecule has 2 heterocycles. The smallest absolute Gasteiger partial charge is 0.291 e. The minimum atomic E-state index is -0.214. The summed E-state index contributed by atoms with van der Waals surface area (Å²) in [6.07, 6.45) is 0.731. The van der Waals surface area contributed by atoms with Crippen LogP contribution in [0.4, 0.5) is 5.69 Å². The number of carbonyl (C=O) groups excluding carboxylic acids is 2. The van der Waals surface area contributed by atoms with E-state index in [4.69, 9.17) is 9.15 Å². The summed E-state index contributed by atoms with van der Waals surface area (Å²) in [5.41, 5.74) is 1.06. The number of rotatable bonds is 4. The molecule has 0 radical (unpaired) electrons. The van der Waals surface area contributed by atoms with Gasteiger partial charge in [0.25, 0.3) is 5.91 Å². The predicted molar refractivity (Wildman–Crippen MR) is 91.0 cm³/mol. The molecular weight excluding hydrogens is 308 g/mol. The van der Waals surface area contributed by atoms with Crippen molar-refractivity contribution < 1.29 is 18.7 Å². The molecule has 1 aromatic heterocycles. The largest absolute Gasteiger partial charge is 0.449 e. The van der Waals surface area contributed by atoms with E-state index in [-0.39, 0.29) is 23.5 Å². The first-order chi connectivity index (χ1) is 11.6. The van der Waals surface area contributed by atoms with Gasteiger partial charge in [0.2, 0.25) is 11.7 Å². The molecule has 1 atom stereocenters. The lowest BCUT2D eigenvalue weighted by Gasteiger charge is -2.26. The molecule has 1 aliphatic rings. The average molecular weight is 330 g/mol. The van der Waals surface area contributed by atoms with Crippen molar-refractivity contribution in [2.24, 2.45) is 5.92 Å². The van der Waals surface area contributed by atoms with Crippen LogP contribution in [0.15, 0.2) is 28.7 Å². The molecule has 1 unspecified atom stereocenters. The molecule has 1 saturated heterocycles. The molecule has 0 spiro atoms. The molecular formula is C18H22N2O4. The van der Waals surface area contributed by atoms with Gasteiger partial charge < -0.3 is 19.4 Å². The van der Waals surface area contributed by atoms with Crippen molar-refractivity contribution in [3.8, 4) is 0 Å². The number of fused-ring (bicyclic) bond motifs is 1. The van der Waals surface area contributed by atoms with Crippen molar-refractivity contribution in [3.05, 3.63) is 30.0 Å². The number of furan rings is 1. The van der Waals surface area contributed by atoms with Crippen molar-refractivity contribution in [1.29, 1.82) is 0 Å². The molecule has 1 fully saturated rings. The van der Waals surface area contributed by atoms with Crippen LogP contribution in [-0.4, -0.2) is 43.0 Å². The van der Waals surface area contributed by atoms with Gasteiger partial charge in [-0.15, -0.1) is 0 Å². The number of para-hydroxylation sites is 1. The van der Waals surface area contributed by atoms with Gasteiger partial charge in [-0.2, -0.15) is 0 Å². The number of hydrogen-bond acceptors (Lipinski definition) is 4. The third-order valence-corrected chi connectivity index (χ3v) is 4.40. The fourth-order valence-electron chi connectivity index (χ4n) is 2.66. The zero-order valence-corrected chi connectivity index (χ0v) is 14.0. The van der Waals surface area contributed by atoms with Gasteiger partial charge in [-0.3, -0.25) is 9.59 Å². The van der Waals surface area contributed by atoms with Gasteiger partial charge >= 0.3 is 0 Å². The number of amides is 2. The van der Waals surface area contributed by atoms with Crippen LogP contribution in [0.2, 0.25) is 0 Å². The third kappa shape index (κ3) is 3.14. The summed E-state index contributed by atoms with van der Waals surface area (Å²) < 4.78 is 11.1. The molecule has 1 aromatic carbocycles. The van der Waals surface area contributed by atoms with E-state index in [0.29, 0.717) is 37.6 Å². The highest BCUT2D eigenvalue weighted by Gasteiger charge is 2.28. The van der Waals surface area contributed by atoms with Crippen molar-refractivity contribution in [3.63, 3.8) is 0 Å². The zero-order valence-electron chi connectivity index (χ0n) is 14.0. The lowest BCUT2D eigenvalue weighted by atomic mass is 10.1. The fourth-order valence-corrected chi connectivity index (χ4v) is 2.66. The highest BCUT2D eigenvalue weighted by atomic mass is 16.5. The number of carbonyl (C=O) groups is 2. The molecule has 6 heteroatoms. The van der Waals surface area contributed by atoms with Gasteiger partial charge in [0.1, 0.15) is 11.3 Å². The molecule has 1 aliphatic heterocycles. The van der Waals surface area contributed by atoms with Crippen molar-refractivity contribution in [1.82, 2.24) is 4.90 Å². The Morgan fingerprint density at radius 3 is 2.67 bits per heavy atom. The lowest BCUT2D eigenvalue weighted by molar-refractivity contribution is -0.119. The second-order valence-corrected chi connectivity index (χ2v) is 6.01. The summed E-state index contributed by atoms with van der Waals surface area (Å²) in [4.78, 5) is 26.9. The summed E-state index contributed by atoms with van der Waals surface area (Å²) >= 11 is 0. The summed E-state index contributed by atoms with van der Waals surface area (Å²) in [5, 5.41) is 3.63. The van der Waals surface area contributed by atoms with Gasteiger partial charge in [-0.05, 0) is 18.6 Å². The Bertz CT molecular complexity index is 747. The molecule has 3 rings (SSSR count). The van der Waals surface area contributed by atoms with Crippen LogP contribution in [0.3, 0.4) is 0 Å². The number of benzene rings is 1. The summed E-state index contributed by atoms with van der Waals surface area (Å²) in [6, 6.07) is 7.35. The lowest BCUT2D eigenvalue weighted by Crippen LogP contribution is -2.40. The summed E-state index contributed by atoms with van der Waals surface area (Å²) in [7, 11) is 0. The second-order valence-electron chi connectivity index (χ2n) is 6.01. The van der Waals surface area contributed by atoms with Crippen LogP contribution in [0.1, 0.15) is 30.8 Å². The maximum atomic E-state index is 12.8. The number of nitrogens with zero attached hydrogens (tertiary/aromatic N) is 1. The van der Waals surface area contributed by atoms with E-state index in [0.717, 1.165) is 11.8 Å². The molecule has 6 nitrogen and oxygen atoms in total. The Hall–Kier alpha value is -2.34. The first-order valence-electron chi connectivity index (χ1n) is 8.31. The highest BCUT2D eigenvalue weighted by Crippen LogP contribution is 2.32. The van der Waals surface area contributed by atoms with Gasteiger partial charge in [-0.1, -0.05) is 26.0 Å². The van der Waals surface area contributed by atoms with E-state index in [1.807, 2.05) is 32.0 Å². The van der Waals surface area contributed by atoms with E-state index in [9.17, 15) is 9.59 Å². The van der Waals surface area contributed by atoms with Crippen LogP contribution < -0.4 is 5.32 Å². The van der Waals surface area contributed by atoms with Crippen LogP contribution >= 0.6 is 0 Å². The standard InChI is InChI=1S/C18H22N2O4/c1-3-12(2)17(21)19-15-13-6-4-5-7-14(13)24-16(15)18(22)20-8-10-23-11-9-20/h4-7,12H,3,8-11H2,1-2H3,(H,19,21). The Balaban J connectivity index is 1.98. The Labute approximate surface area is 140 Å². The van der Waals surface area contributed by atoms with E-state index >= 15 is 0 Å². The molecule has 0 saturated carbocycles. The van der Waals surface area contributed by atoms with Crippen molar-refractivity contribution in [2.45, 2.75) is 20.3 Å². The van der Waals surface area contributed by atoms with Crippen molar-refractivity contribution >= 4 is 28.5 Å². The van der Waals surface area contributed by atoms with Crippen LogP contribution in [-0.2, 0) is 9.53 Å². The van der Waals surface area contributed by atoms with E-state index in [2.05, 4.69) is 5.32 Å². The van der Waals surface area contributed by atoms with Crippen LogP contribution in [0.5, 0.6) is 0 Å². The monoisotopic (exact) mass is 330 g/mol. The number of ether oxygens (including phenoxy) is 1. The first-order valence-corrected chi connectivity index (χ1v) is 8.31. The molecule has 24 heavy (non-hydrogen) atoms. The maximum Gasteiger partial charge on any atom is 0.291 e. The normalized spacial score (nSPS) is 16.2. The van der Waals surface area contributed by atoms with E-state index in [1.54, 1.807) is 11.0 Å². The Morgan fingerprint density at radius 1 is 1.25 bits per heavy atom. The quantitative estimate of drug-likeness (QED) is 0.935. The highest BCUT2D eigenvalue weighted by molar-refractivity contribution is 6.11. The Kier molecular flexibility index (Phi) is 4.85. The van der Waals surface area contributed by atoms with Crippen LogP contribution in [0.25, 0.3) is 11.0 Å². The zero-order chi connectivity index (χ0) is 17.1. The van der Waals surface area contributed by atoms with Gasteiger partial charge in [0, 0.05) is 24.4 Å². The fraction of sp³-hybridized carbons (Fsp3) is 0.444. The number of hydrogen-bond donors (Lipinski definition) is 1. The minimum Gasteiger partial charge on any atom is -0.449 e. The molecule has 1 N–H and O–H groups in total. The molecule has 0 bridgehead atoms. The third-order valence-electron chi connectivity index (χ3n) is 4.40. The number of morpholine rings is 1. The summed E-state index contributed by atoms with van der Waals surface area (Å²) in [5.74, 6) is -0.270. The predicted octanol–water partition coefficient (Wildman–Crippen LogP) is 2.89. The van der Waals surface area contributed by atoms with Gasteiger partial charge in [0.15, 0.2) is 0 Å². The second kappa shape index (κ2) is 7.05. The Morgan fingerprint density at radius 2 is 1.96 bits per heavy atom. The van der Waals surface area contributed by atoms with Gasteiger partial charge in [-0.25, -0.2) is 0 Å². The van der Waals surface area contributed by atoms with Crippen molar-refractivity contribution in [2.75, 3.05) is 31.6 Å². The molecule has 128 valence electrons. The van der Waals surface area contributed by atoms with E-state index < -0.39 is 0 Å². The maximum absolute atomic E-state index is 12.8. The number of anilines is 1. The number of nitrogens with one attached hydrogen (secondary N) is 1. The molecule has 0 aliphatic carbocycles. The topological polar surface area (TPSA) is 71.8 Å². The first kappa shape index (κ1) is 16.5. The van der Waals surface area contributed by atoms with E-state index in [1.165, 1.54) is 0 Å². The summed E-state index contributed by atoms with van der Waals surface area (Å²) in [6.45, 7) is 5.89.